The number of rotatable bonds is 8. The lowest BCUT2D eigenvalue weighted by Crippen LogP contribution is -2.32. The maximum atomic E-state index is 10.7. The molecule has 10 heteroatoms. The van der Waals surface area contributed by atoms with E-state index in [-0.39, 0.29) is 19.3 Å². The molecule has 0 aromatic carbocycles. The first-order chi connectivity index (χ1) is 7.77. The zero-order valence-electron chi connectivity index (χ0n) is 8.39. The molecule has 0 saturated carbocycles. The summed E-state index contributed by atoms with van der Waals surface area (Å²) in [5.74, 6) is -2.40. The molecule has 2 N–H and O–H groups in total. The second kappa shape index (κ2) is 8.18. The lowest BCUT2D eigenvalue weighted by atomic mass is 10.1. The van der Waals surface area contributed by atoms with Gasteiger partial charge in [0.15, 0.2) is 0 Å². The highest BCUT2D eigenvalue weighted by molar-refractivity contribution is 6.35. The highest BCUT2D eigenvalue weighted by Gasteiger charge is 2.26. The van der Waals surface area contributed by atoms with Crippen molar-refractivity contribution in [2.75, 3.05) is 0 Å². The molecule has 6 nitrogen and oxygen atoms in total. The number of nitrogens with zero attached hydrogens (tertiary/aromatic N) is 2. The molecule has 0 heterocycles. The smallest absolute Gasteiger partial charge is 0.323 e. The van der Waals surface area contributed by atoms with Crippen molar-refractivity contribution < 1.29 is 19.8 Å². The van der Waals surface area contributed by atoms with Crippen LogP contribution in [0.4, 0.5) is 0 Å². The Bertz CT molecular complexity index is 251. The van der Waals surface area contributed by atoms with Crippen LogP contribution in [0.15, 0.2) is 0 Å². The SMILES string of the molecule is O=C(O)C(CCCC(C(=O)O)N(Cl)Cl)N(Cl)Cl. The summed E-state index contributed by atoms with van der Waals surface area (Å²) in [4.78, 5) is 21.4. The van der Waals surface area contributed by atoms with Gasteiger partial charge in [0.2, 0.25) is 0 Å². The summed E-state index contributed by atoms with van der Waals surface area (Å²) < 4.78 is 1.02. The molecule has 0 fully saturated rings. The topological polar surface area (TPSA) is 81.1 Å². The summed E-state index contributed by atoms with van der Waals surface area (Å²) in [7, 11) is 0. The molecule has 0 aromatic heterocycles. The van der Waals surface area contributed by atoms with Crippen LogP contribution in [-0.4, -0.2) is 42.1 Å². The fourth-order valence-corrected chi connectivity index (χ4v) is 1.84. The highest BCUT2D eigenvalue weighted by atomic mass is 35.5. The molecule has 0 aliphatic heterocycles. The molecule has 0 saturated heterocycles. The summed E-state index contributed by atoms with van der Waals surface area (Å²) in [6.07, 6.45) is 0.390. The van der Waals surface area contributed by atoms with Gasteiger partial charge >= 0.3 is 11.9 Å². The van der Waals surface area contributed by atoms with Crippen molar-refractivity contribution in [3.63, 3.8) is 0 Å². The van der Waals surface area contributed by atoms with E-state index in [1.165, 1.54) is 0 Å². The van der Waals surface area contributed by atoms with Crippen molar-refractivity contribution in [1.82, 2.24) is 7.88 Å². The largest absolute Gasteiger partial charge is 0.480 e. The number of hydrogen-bond acceptors (Lipinski definition) is 4. The first-order valence-corrected chi connectivity index (χ1v) is 5.79. The van der Waals surface area contributed by atoms with Gasteiger partial charge in [-0.25, -0.2) is 0 Å². The Kier molecular flexibility index (Phi) is 8.19. The third-order valence-electron chi connectivity index (χ3n) is 2.00. The molecular weight excluding hydrogens is 318 g/mol. The number of carboxylic acids is 2. The van der Waals surface area contributed by atoms with Crippen molar-refractivity contribution in [3.05, 3.63) is 0 Å². The molecule has 100 valence electrons. The zero-order valence-corrected chi connectivity index (χ0v) is 11.4. The Morgan fingerprint density at radius 3 is 1.35 bits per heavy atom. The summed E-state index contributed by atoms with van der Waals surface area (Å²) in [5, 5.41) is 17.5. The van der Waals surface area contributed by atoms with Crippen LogP contribution in [0.2, 0.25) is 0 Å². The van der Waals surface area contributed by atoms with Crippen molar-refractivity contribution in [3.8, 4) is 0 Å². The normalized spacial score (nSPS) is 14.9. The van der Waals surface area contributed by atoms with E-state index in [4.69, 9.17) is 57.3 Å². The molecule has 0 aromatic rings. The second-order valence-electron chi connectivity index (χ2n) is 3.16. The van der Waals surface area contributed by atoms with Gasteiger partial charge in [-0.3, -0.25) is 9.59 Å². The van der Waals surface area contributed by atoms with E-state index in [9.17, 15) is 9.59 Å². The molecule has 0 aliphatic carbocycles. The molecular formula is C7H10Cl4N2O4. The third-order valence-corrected chi connectivity index (χ3v) is 2.94. The van der Waals surface area contributed by atoms with Crippen molar-refractivity contribution in [2.45, 2.75) is 31.3 Å². The standard InChI is InChI=1S/C7H10Cl4N2O4/c8-12(9)4(6(14)15)2-1-3-5(7(16)17)13(10)11/h4-5H,1-3H2,(H,14,15)(H,16,17). The van der Waals surface area contributed by atoms with Gasteiger partial charge in [-0.1, -0.05) is 0 Å². The van der Waals surface area contributed by atoms with E-state index in [1.807, 2.05) is 0 Å². The van der Waals surface area contributed by atoms with Crippen LogP contribution in [0.1, 0.15) is 19.3 Å². The lowest BCUT2D eigenvalue weighted by molar-refractivity contribution is -0.140. The first kappa shape index (κ1) is 17.0. The lowest BCUT2D eigenvalue weighted by Gasteiger charge is -2.17. The van der Waals surface area contributed by atoms with Gasteiger partial charge in [0.05, 0.1) is 0 Å². The Morgan fingerprint density at radius 2 is 1.18 bits per heavy atom. The van der Waals surface area contributed by atoms with Gasteiger partial charge in [-0.05, 0) is 66.4 Å². The third kappa shape index (κ3) is 6.49. The fraction of sp³-hybridized carbons (Fsp3) is 0.714. The Labute approximate surface area is 118 Å². The average molecular weight is 328 g/mol. The quantitative estimate of drug-likeness (QED) is 0.666. The summed E-state index contributed by atoms with van der Waals surface area (Å²) in [6.45, 7) is 0. The van der Waals surface area contributed by atoms with Gasteiger partial charge in [-0.2, -0.15) is 0 Å². The van der Waals surface area contributed by atoms with Crippen LogP contribution in [0, 0.1) is 0 Å². The van der Waals surface area contributed by atoms with Gasteiger partial charge in [0.1, 0.15) is 12.1 Å². The number of carbonyl (C=O) groups is 2. The van der Waals surface area contributed by atoms with E-state index >= 15 is 0 Å². The zero-order chi connectivity index (χ0) is 13.6. The van der Waals surface area contributed by atoms with Crippen molar-refractivity contribution in [2.24, 2.45) is 0 Å². The summed E-state index contributed by atoms with van der Waals surface area (Å²) in [5.41, 5.74) is 0. The Morgan fingerprint density at radius 1 is 0.882 bits per heavy atom. The molecule has 0 radical (unpaired) electrons. The van der Waals surface area contributed by atoms with Crippen LogP contribution in [0.25, 0.3) is 0 Å². The first-order valence-electron chi connectivity index (χ1n) is 4.44. The minimum Gasteiger partial charge on any atom is -0.480 e. The second-order valence-corrected chi connectivity index (χ2v) is 4.96. The van der Waals surface area contributed by atoms with Gasteiger partial charge in [0, 0.05) is 0 Å². The molecule has 0 aliphatic rings. The van der Waals surface area contributed by atoms with Crippen LogP contribution in [-0.2, 0) is 9.59 Å². The van der Waals surface area contributed by atoms with Crippen LogP contribution >= 0.6 is 47.1 Å². The molecule has 0 amide bonds. The van der Waals surface area contributed by atoms with Crippen LogP contribution in [0.5, 0.6) is 0 Å². The fourth-order valence-electron chi connectivity index (χ4n) is 1.11. The number of aliphatic carboxylic acids is 2. The molecule has 0 spiro atoms. The van der Waals surface area contributed by atoms with Crippen molar-refractivity contribution >= 4 is 59.0 Å². The monoisotopic (exact) mass is 326 g/mol. The molecule has 0 bridgehead atoms. The Balaban J connectivity index is 4.19. The molecule has 0 rings (SSSR count). The molecule has 2 unspecified atom stereocenters. The maximum absolute atomic E-state index is 10.7. The van der Waals surface area contributed by atoms with E-state index in [2.05, 4.69) is 0 Å². The summed E-state index contributed by atoms with van der Waals surface area (Å²) >= 11 is 21.3. The van der Waals surface area contributed by atoms with Crippen molar-refractivity contribution in [1.29, 1.82) is 0 Å². The number of halogens is 4. The van der Waals surface area contributed by atoms with Gasteiger partial charge < -0.3 is 10.2 Å². The van der Waals surface area contributed by atoms with E-state index in [1.54, 1.807) is 0 Å². The Hall–Kier alpha value is 0.0200. The van der Waals surface area contributed by atoms with E-state index < -0.39 is 24.0 Å². The minimum atomic E-state index is -1.20. The van der Waals surface area contributed by atoms with Crippen LogP contribution in [0.3, 0.4) is 0 Å². The van der Waals surface area contributed by atoms with Gasteiger partial charge in [-0.15, -0.1) is 7.88 Å². The minimum absolute atomic E-state index is 0.0771. The molecule has 2 atom stereocenters. The predicted octanol–water partition coefficient (Wildman–Crippen LogP) is 2.28. The maximum Gasteiger partial charge on any atom is 0.323 e. The average Bonchev–Trinajstić information content (AvgIpc) is 2.14. The number of carboxylic acid groups (broad SMARTS) is 2. The molecule has 17 heavy (non-hydrogen) atoms. The van der Waals surface area contributed by atoms with E-state index in [0.717, 1.165) is 0 Å². The predicted molar refractivity (Wildman–Crippen MR) is 63.8 cm³/mol. The summed E-state index contributed by atoms with van der Waals surface area (Å²) in [6, 6.07) is -2.21. The van der Waals surface area contributed by atoms with E-state index in [0.29, 0.717) is 7.88 Å². The number of hydrogen-bond donors (Lipinski definition) is 2. The van der Waals surface area contributed by atoms with Gasteiger partial charge in [0.25, 0.3) is 0 Å². The van der Waals surface area contributed by atoms with Crippen LogP contribution < -0.4 is 0 Å². The highest BCUT2D eigenvalue weighted by Crippen LogP contribution is 2.18.